The van der Waals surface area contributed by atoms with Gasteiger partial charge in [0.15, 0.2) is 0 Å². The first-order valence-electron chi connectivity index (χ1n) is 6.90. The van der Waals surface area contributed by atoms with Crippen molar-refractivity contribution in [3.8, 4) is 0 Å². The van der Waals surface area contributed by atoms with Gasteiger partial charge < -0.3 is 9.80 Å². The lowest BCUT2D eigenvalue weighted by Gasteiger charge is -2.23. The highest BCUT2D eigenvalue weighted by Gasteiger charge is 2.06. The third-order valence-corrected chi connectivity index (χ3v) is 3.36. The number of hydrogen-bond acceptors (Lipinski definition) is 2. The van der Waals surface area contributed by atoms with Gasteiger partial charge in [-0.15, -0.1) is 0 Å². The molecule has 0 amide bonds. The van der Waals surface area contributed by atoms with Crippen molar-refractivity contribution in [2.75, 3.05) is 13.1 Å². The Bertz CT molecular complexity index is 541. The summed E-state index contributed by atoms with van der Waals surface area (Å²) < 4.78 is 0. The van der Waals surface area contributed by atoms with Crippen LogP contribution in [0.2, 0.25) is 0 Å². The highest BCUT2D eigenvalue weighted by Crippen LogP contribution is 2.15. The van der Waals surface area contributed by atoms with E-state index in [0.29, 0.717) is 0 Å². The molecule has 2 heteroatoms. The second kappa shape index (κ2) is 6.11. The van der Waals surface area contributed by atoms with Crippen LogP contribution in [0.5, 0.6) is 0 Å². The summed E-state index contributed by atoms with van der Waals surface area (Å²) in [5, 5.41) is 0. The Hall–Kier alpha value is -2.48. The van der Waals surface area contributed by atoms with Crippen molar-refractivity contribution in [1.29, 1.82) is 0 Å². The SMILES string of the molecule is C1=CCN2C=CC=CC2=C1.C1=CCN2C=CC=CC2=C1. The molecule has 4 aliphatic rings. The summed E-state index contributed by atoms with van der Waals surface area (Å²) >= 11 is 0. The normalized spacial score (nSPS) is 20.8. The van der Waals surface area contributed by atoms with Gasteiger partial charge in [-0.3, -0.25) is 0 Å². The smallest absolute Gasteiger partial charge is 0.0409 e. The second-order valence-electron chi connectivity index (χ2n) is 4.75. The molecule has 2 nitrogen and oxygen atoms in total. The van der Waals surface area contributed by atoms with Crippen molar-refractivity contribution in [3.05, 3.63) is 96.7 Å². The molecule has 0 unspecified atom stereocenters. The maximum atomic E-state index is 2.21. The number of nitrogens with zero attached hydrogens (tertiary/aromatic N) is 2. The first-order chi connectivity index (χ1) is 9.93. The highest BCUT2D eigenvalue weighted by atomic mass is 15.1. The Kier molecular flexibility index (Phi) is 3.83. The van der Waals surface area contributed by atoms with E-state index in [1.165, 1.54) is 11.4 Å². The van der Waals surface area contributed by atoms with Crippen LogP contribution < -0.4 is 0 Å². The van der Waals surface area contributed by atoms with Crippen LogP contribution in [0.25, 0.3) is 0 Å². The van der Waals surface area contributed by atoms with Gasteiger partial charge in [0.05, 0.1) is 0 Å². The van der Waals surface area contributed by atoms with Gasteiger partial charge in [0.2, 0.25) is 0 Å². The molecule has 0 radical (unpaired) electrons. The van der Waals surface area contributed by atoms with Gasteiger partial charge in [-0.25, -0.2) is 0 Å². The molecule has 100 valence electrons. The van der Waals surface area contributed by atoms with Crippen molar-refractivity contribution >= 4 is 0 Å². The maximum absolute atomic E-state index is 2.21. The molecule has 4 aliphatic heterocycles. The molecular weight excluding hydrogens is 244 g/mol. The Labute approximate surface area is 120 Å². The zero-order chi connectivity index (χ0) is 13.6. The van der Waals surface area contributed by atoms with E-state index in [4.69, 9.17) is 0 Å². The third kappa shape index (κ3) is 2.91. The van der Waals surface area contributed by atoms with Crippen LogP contribution in [0.4, 0.5) is 0 Å². The molecule has 0 aromatic heterocycles. The fourth-order valence-electron chi connectivity index (χ4n) is 2.30. The molecule has 0 bridgehead atoms. The molecular formula is C18H18N2. The van der Waals surface area contributed by atoms with E-state index in [1.54, 1.807) is 0 Å². The van der Waals surface area contributed by atoms with Gasteiger partial charge in [-0.2, -0.15) is 0 Å². The van der Waals surface area contributed by atoms with Crippen LogP contribution in [0.1, 0.15) is 0 Å². The fourth-order valence-corrected chi connectivity index (χ4v) is 2.30. The summed E-state index contributed by atoms with van der Waals surface area (Å²) in [6.45, 7) is 2.01. The quantitative estimate of drug-likeness (QED) is 0.657. The van der Waals surface area contributed by atoms with Crippen molar-refractivity contribution in [1.82, 2.24) is 9.80 Å². The van der Waals surface area contributed by atoms with E-state index < -0.39 is 0 Å². The Morgan fingerprint density at radius 3 is 1.55 bits per heavy atom. The molecule has 0 atom stereocenters. The minimum absolute atomic E-state index is 1.01. The topological polar surface area (TPSA) is 6.48 Å². The monoisotopic (exact) mass is 262 g/mol. The first kappa shape index (κ1) is 12.5. The van der Waals surface area contributed by atoms with Crippen molar-refractivity contribution in [3.63, 3.8) is 0 Å². The molecule has 0 N–H and O–H groups in total. The Balaban J connectivity index is 0.000000121. The predicted molar refractivity (Wildman–Crippen MR) is 84.4 cm³/mol. The standard InChI is InChI=1S/2C9H9N/c2*1-3-7-10-8-4-2-6-9(10)5-1/h2*1-7H,8H2. The number of fused-ring (bicyclic) bond motifs is 2. The van der Waals surface area contributed by atoms with Crippen LogP contribution in [-0.2, 0) is 0 Å². The van der Waals surface area contributed by atoms with Crippen LogP contribution in [0, 0.1) is 0 Å². The molecule has 4 heterocycles. The first-order valence-corrected chi connectivity index (χ1v) is 6.90. The van der Waals surface area contributed by atoms with Crippen LogP contribution in [-0.4, -0.2) is 22.9 Å². The minimum Gasteiger partial charge on any atom is -0.344 e. The molecule has 0 aromatic rings. The molecule has 4 rings (SSSR count). The van der Waals surface area contributed by atoms with E-state index in [2.05, 4.69) is 95.1 Å². The second-order valence-corrected chi connectivity index (χ2v) is 4.75. The van der Waals surface area contributed by atoms with Crippen molar-refractivity contribution in [2.45, 2.75) is 0 Å². The molecule has 0 aliphatic carbocycles. The van der Waals surface area contributed by atoms with Crippen LogP contribution in [0.3, 0.4) is 0 Å². The molecule has 0 aromatic carbocycles. The van der Waals surface area contributed by atoms with E-state index in [1.807, 2.05) is 0 Å². The molecule has 20 heavy (non-hydrogen) atoms. The Morgan fingerprint density at radius 1 is 0.600 bits per heavy atom. The van der Waals surface area contributed by atoms with E-state index in [-0.39, 0.29) is 0 Å². The van der Waals surface area contributed by atoms with Crippen molar-refractivity contribution < 1.29 is 0 Å². The lowest BCUT2D eigenvalue weighted by Crippen LogP contribution is -2.18. The lowest BCUT2D eigenvalue weighted by atomic mass is 10.2. The highest BCUT2D eigenvalue weighted by molar-refractivity contribution is 5.34. The average Bonchev–Trinajstić information content (AvgIpc) is 2.56. The third-order valence-electron chi connectivity index (χ3n) is 3.36. The zero-order valence-corrected chi connectivity index (χ0v) is 11.4. The van der Waals surface area contributed by atoms with E-state index in [0.717, 1.165) is 13.1 Å². The summed E-state index contributed by atoms with van der Waals surface area (Å²) in [6.07, 6.45) is 29.3. The predicted octanol–water partition coefficient (Wildman–Crippen LogP) is 3.65. The maximum Gasteiger partial charge on any atom is 0.0409 e. The number of hydrogen-bond donors (Lipinski definition) is 0. The van der Waals surface area contributed by atoms with Gasteiger partial charge in [0, 0.05) is 36.9 Å². The largest absolute Gasteiger partial charge is 0.344 e. The van der Waals surface area contributed by atoms with Crippen LogP contribution in [0.15, 0.2) is 96.7 Å². The van der Waals surface area contributed by atoms with Gasteiger partial charge in [-0.1, -0.05) is 36.5 Å². The number of allylic oxidation sites excluding steroid dienone is 10. The van der Waals surface area contributed by atoms with Gasteiger partial charge in [-0.05, 0) is 36.5 Å². The summed E-state index contributed by atoms with van der Waals surface area (Å²) in [5.41, 5.74) is 2.56. The summed E-state index contributed by atoms with van der Waals surface area (Å²) in [7, 11) is 0. The summed E-state index contributed by atoms with van der Waals surface area (Å²) in [5.74, 6) is 0. The summed E-state index contributed by atoms with van der Waals surface area (Å²) in [4.78, 5) is 4.42. The number of rotatable bonds is 0. The van der Waals surface area contributed by atoms with E-state index >= 15 is 0 Å². The van der Waals surface area contributed by atoms with Crippen molar-refractivity contribution in [2.24, 2.45) is 0 Å². The average molecular weight is 262 g/mol. The lowest BCUT2D eigenvalue weighted by molar-refractivity contribution is 0.523. The van der Waals surface area contributed by atoms with Gasteiger partial charge >= 0.3 is 0 Å². The zero-order valence-electron chi connectivity index (χ0n) is 11.4. The molecule has 0 spiro atoms. The minimum atomic E-state index is 1.01. The van der Waals surface area contributed by atoms with Crippen LogP contribution >= 0.6 is 0 Å². The Morgan fingerprint density at radius 2 is 1.10 bits per heavy atom. The molecule has 0 fully saturated rings. The van der Waals surface area contributed by atoms with Gasteiger partial charge in [0.25, 0.3) is 0 Å². The fraction of sp³-hybridized carbons (Fsp3) is 0.111. The molecule has 0 saturated heterocycles. The molecule has 0 saturated carbocycles. The van der Waals surface area contributed by atoms with E-state index in [9.17, 15) is 0 Å². The summed E-state index contributed by atoms with van der Waals surface area (Å²) in [6, 6.07) is 0. The van der Waals surface area contributed by atoms with Gasteiger partial charge in [0.1, 0.15) is 0 Å².